The van der Waals surface area contributed by atoms with E-state index in [1.807, 2.05) is 19.2 Å². The second-order valence-electron chi connectivity index (χ2n) is 3.22. The summed E-state index contributed by atoms with van der Waals surface area (Å²) in [6.07, 6.45) is 0.821. The van der Waals surface area contributed by atoms with Gasteiger partial charge in [0, 0.05) is 5.38 Å². The molecule has 0 spiro atoms. The maximum Gasteiger partial charge on any atom is 0.274 e. The van der Waals surface area contributed by atoms with Gasteiger partial charge in [0.1, 0.15) is 5.69 Å². The number of nitrogens with two attached hydrogens (primary N) is 1. The van der Waals surface area contributed by atoms with Crippen LogP contribution in [0.3, 0.4) is 0 Å². The molecule has 1 atom stereocenters. The number of methoxy groups -OCH3 is 1. The highest BCUT2D eigenvalue weighted by atomic mass is 32.1. The van der Waals surface area contributed by atoms with Crippen molar-refractivity contribution in [3.8, 4) is 17.0 Å². The molecule has 1 heterocycles. The van der Waals surface area contributed by atoms with Crippen LogP contribution in [0.4, 0.5) is 0 Å². The average molecular weight is 210 g/mol. The molecule has 14 heavy (non-hydrogen) atoms. The molecule has 1 aromatic heterocycles. The van der Waals surface area contributed by atoms with Crippen molar-refractivity contribution in [3.05, 3.63) is 11.1 Å². The Morgan fingerprint density at radius 2 is 2.43 bits per heavy atom. The van der Waals surface area contributed by atoms with E-state index in [1.54, 1.807) is 7.11 Å². The SMILES string of the molecule is CCC(C)(N)C#Cc1csc(OC)n1. The number of hydrogen-bond acceptors (Lipinski definition) is 4. The van der Waals surface area contributed by atoms with Gasteiger partial charge in [-0.25, -0.2) is 0 Å². The van der Waals surface area contributed by atoms with Crippen LogP contribution < -0.4 is 10.5 Å². The van der Waals surface area contributed by atoms with E-state index >= 15 is 0 Å². The molecule has 76 valence electrons. The topological polar surface area (TPSA) is 48.1 Å². The Morgan fingerprint density at radius 3 is 2.93 bits per heavy atom. The minimum Gasteiger partial charge on any atom is -0.473 e. The van der Waals surface area contributed by atoms with Gasteiger partial charge in [0.25, 0.3) is 5.19 Å². The van der Waals surface area contributed by atoms with Gasteiger partial charge >= 0.3 is 0 Å². The highest BCUT2D eigenvalue weighted by Gasteiger charge is 2.10. The third-order valence-corrected chi connectivity index (χ3v) is 2.67. The van der Waals surface area contributed by atoms with Crippen molar-refractivity contribution in [2.24, 2.45) is 5.73 Å². The molecule has 0 saturated heterocycles. The minimum absolute atomic E-state index is 0.434. The fraction of sp³-hybridized carbons (Fsp3) is 0.500. The first-order chi connectivity index (χ1) is 6.57. The predicted molar refractivity (Wildman–Crippen MR) is 58.4 cm³/mol. The summed E-state index contributed by atoms with van der Waals surface area (Å²) < 4.78 is 4.96. The van der Waals surface area contributed by atoms with Crippen LogP contribution in [0.15, 0.2) is 5.38 Å². The first kappa shape index (κ1) is 11.0. The number of hydrogen-bond donors (Lipinski definition) is 1. The van der Waals surface area contributed by atoms with Crippen LogP contribution in [0, 0.1) is 11.8 Å². The standard InChI is InChI=1S/C10H14N2OS/c1-4-10(2,11)6-5-8-7-14-9(12-8)13-3/h7H,4,11H2,1-3H3. The zero-order valence-electron chi connectivity index (χ0n) is 8.63. The third kappa shape index (κ3) is 3.02. The molecule has 3 nitrogen and oxygen atoms in total. The molecule has 0 amide bonds. The molecule has 0 fully saturated rings. The Labute approximate surface area is 88.3 Å². The van der Waals surface area contributed by atoms with Gasteiger partial charge in [-0.15, -0.1) is 0 Å². The zero-order chi connectivity index (χ0) is 10.6. The quantitative estimate of drug-likeness (QED) is 0.755. The summed E-state index contributed by atoms with van der Waals surface area (Å²) in [7, 11) is 1.59. The van der Waals surface area contributed by atoms with Gasteiger partial charge in [0.05, 0.1) is 12.6 Å². The van der Waals surface area contributed by atoms with Crippen LogP contribution >= 0.6 is 11.3 Å². The average Bonchev–Trinajstić information content (AvgIpc) is 2.63. The third-order valence-electron chi connectivity index (χ3n) is 1.87. The van der Waals surface area contributed by atoms with Gasteiger partial charge in [-0.3, -0.25) is 0 Å². The smallest absolute Gasteiger partial charge is 0.274 e. The van der Waals surface area contributed by atoms with Crippen molar-refractivity contribution in [1.29, 1.82) is 0 Å². The fourth-order valence-electron chi connectivity index (χ4n) is 0.704. The molecule has 0 aliphatic carbocycles. The predicted octanol–water partition coefficient (Wildman–Crippen LogP) is 1.63. The van der Waals surface area contributed by atoms with Crippen LogP contribution in [-0.4, -0.2) is 17.6 Å². The largest absolute Gasteiger partial charge is 0.473 e. The Bertz CT molecular complexity index is 360. The molecule has 1 unspecified atom stereocenters. The number of thiazole rings is 1. The van der Waals surface area contributed by atoms with Crippen LogP contribution in [0.25, 0.3) is 0 Å². The highest BCUT2D eigenvalue weighted by Crippen LogP contribution is 2.16. The Morgan fingerprint density at radius 1 is 1.71 bits per heavy atom. The summed E-state index contributed by atoms with van der Waals surface area (Å²) in [6, 6.07) is 0. The van der Waals surface area contributed by atoms with Crippen LogP contribution in [0.2, 0.25) is 0 Å². The lowest BCUT2D eigenvalue weighted by Crippen LogP contribution is -2.32. The van der Waals surface area contributed by atoms with E-state index in [-0.39, 0.29) is 0 Å². The van der Waals surface area contributed by atoms with Gasteiger partial charge < -0.3 is 10.5 Å². The number of rotatable bonds is 2. The Kier molecular flexibility index (Phi) is 3.50. The summed E-state index contributed by atoms with van der Waals surface area (Å²) in [5, 5.41) is 2.49. The van der Waals surface area contributed by atoms with Gasteiger partial charge in [-0.1, -0.05) is 24.2 Å². The lowest BCUT2D eigenvalue weighted by molar-refractivity contribution is 0.411. The molecule has 0 radical (unpaired) electrons. The molecular formula is C10H14N2OS. The number of ether oxygens (including phenoxy) is 1. The minimum atomic E-state index is -0.434. The van der Waals surface area contributed by atoms with Crippen molar-refractivity contribution in [2.45, 2.75) is 25.8 Å². The van der Waals surface area contributed by atoms with E-state index in [9.17, 15) is 0 Å². The summed E-state index contributed by atoms with van der Waals surface area (Å²) in [5.74, 6) is 5.91. The van der Waals surface area contributed by atoms with Crippen molar-refractivity contribution in [3.63, 3.8) is 0 Å². The van der Waals surface area contributed by atoms with E-state index < -0.39 is 5.54 Å². The monoisotopic (exact) mass is 210 g/mol. The van der Waals surface area contributed by atoms with Crippen molar-refractivity contribution in [2.75, 3.05) is 7.11 Å². The van der Waals surface area contributed by atoms with Crippen LogP contribution in [0.5, 0.6) is 5.19 Å². The summed E-state index contributed by atoms with van der Waals surface area (Å²) in [6.45, 7) is 3.92. The molecule has 0 aliphatic heterocycles. The van der Waals surface area contributed by atoms with Gasteiger partial charge in [0.15, 0.2) is 0 Å². The molecule has 1 rings (SSSR count). The molecule has 0 aromatic carbocycles. The van der Waals surface area contributed by atoms with Crippen LogP contribution in [0.1, 0.15) is 26.0 Å². The molecule has 0 saturated carbocycles. The maximum atomic E-state index is 5.87. The normalized spacial score (nSPS) is 14.0. The molecule has 0 aliphatic rings. The summed E-state index contributed by atoms with van der Waals surface area (Å²) in [4.78, 5) is 4.13. The second-order valence-corrected chi connectivity index (χ2v) is 4.04. The van der Waals surface area contributed by atoms with Crippen LogP contribution in [-0.2, 0) is 0 Å². The Hall–Kier alpha value is -1.05. The van der Waals surface area contributed by atoms with Crippen molar-refractivity contribution < 1.29 is 4.74 Å². The molecule has 1 aromatic rings. The zero-order valence-corrected chi connectivity index (χ0v) is 9.44. The molecule has 2 N–H and O–H groups in total. The van der Waals surface area contributed by atoms with E-state index in [4.69, 9.17) is 10.5 Å². The highest BCUT2D eigenvalue weighted by molar-refractivity contribution is 7.11. The fourth-order valence-corrected chi connectivity index (χ4v) is 1.28. The van der Waals surface area contributed by atoms with Gasteiger partial charge in [-0.2, -0.15) is 4.98 Å². The first-order valence-corrected chi connectivity index (χ1v) is 5.27. The summed E-state index contributed by atoms with van der Waals surface area (Å²) >= 11 is 1.43. The van der Waals surface area contributed by atoms with E-state index in [0.29, 0.717) is 5.19 Å². The maximum absolute atomic E-state index is 5.87. The lowest BCUT2D eigenvalue weighted by atomic mass is 10.0. The van der Waals surface area contributed by atoms with Crippen molar-refractivity contribution in [1.82, 2.24) is 4.98 Å². The van der Waals surface area contributed by atoms with Gasteiger partial charge in [-0.05, 0) is 19.3 Å². The van der Waals surface area contributed by atoms with E-state index in [1.165, 1.54) is 11.3 Å². The summed E-state index contributed by atoms with van der Waals surface area (Å²) in [5.41, 5.74) is 6.16. The molecular weight excluding hydrogens is 196 g/mol. The van der Waals surface area contributed by atoms with E-state index in [2.05, 4.69) is 16.8 Å². The second kappa shape index (κ2) is 4.45. The molecule has 0 bridgehead atoms. The number of aromatic nitrogens is 1. The van der Waals surface area contributed by atoms with Crippen molar-refractivity contribution >= 4 is 11.3 Å². The first-order valence-electron chi connectivity index (χ1n) is 4.39. The van der Waals surface area contributed by atoms with Gasteiger partial charge in [0.2, 0.25) is 0 Å². The van der Waals surface area contributed by atoms with E-state index in [0.717, 1.165) is 12.1 Å². The number of nitrogens with zero attached hydrogens (tertiary/aromatic N) is 1. The molecule has 4 heteroatoms. The Balaban J connectivity index is 2.77. The lowest BCUT2D eigenvalue weighted by Gasteiger charge is -2.12.